The van der Waals surface area contributed by atoms with Crippen molar-refractivity contribution in [3.8, 4) is 11.5 Å². The van der Waals surface area contributed by atoms with Crippen LogP contribution in [0.1, 0.15) is 63.9 Å². The van der Waals surface area contributed by atoms with E-state index in [2.05, 4.69) is 5.32 Å². The Morgan fingerprint density at radius 3 is 2.42 bits per heavy atom. The number of benzene rings is 2. The molecule has 0 saturated heterocycles. The molecule has 4 rings (SSSR count). The fourth-order valence-electron chi connectivity index (χ4n) is 5.29. The Labute approximate surface area is 235 Å². The van der Waals surface area contributed by atoms with Crippen molar-refractivity contribution in [1.29, 1.82) is 0 Å². The number of nitrogens with one attached hydrogen (secondary N) is 1. The molecule has 1 heterocycles. The van der Waals surface area contributed by atoms with Crippen LogP contribution in [-0.4, -0.2) is 56.8 Å². The number of hydrogen-bond donors (Lipinski definition) is 1. The van der Waals surface area contributed by atoms with Crippen LogP contribution in [0.2, 0.25) is 0 Å². The number of sulfonamides is 1. The first-order valence-electron chi connectivity index (χ1n) is 13.9. The molecule has 2 aliphatic rings. The van der Waals surface area contributed by atoms with E-state index in [0.717, 1.165) is 38.4 Å². The molecule has 40 heavy (non-hydrogen) atoms. The van der Waals surface area contributed by atoms with Gasteiger partial charge in [0, 0.05) is 31.6 Å². The zero-order valence-corrected chi connectivity index (χ0v) is 23.9. The molecular formula is C29H38FN3O6S. The molecule has 1 N–H and O–H groups in total. The Hall–Kier alpha value is -3.34. The van der Waals surface area contributed by atoms with Gasteiger partial charge in [-0.1, -0.05) is 38.3 Å². The van der Waals surface area contributed by atoms with Crippen molar-refractivity contribution in [3.05, 3.63) is 53.8 Å². The highest BCUT2D eigenvalue weighted by atomic mass is 32.2. The van der Waals surface area contributed by atoms with Crippen LogP contribution in [0.15, 0.2) is 42.5 Å². The van der Waals surface area contributed by atoms with Gasteiger partial charge in [0.15, 0.2) is 11.5 Å². The number of anilines is 1. The number of rotatable bonds is 12. The number of ether oxygens (including phenoxy) is 2. The van der Waals surface area contributed by atoms with Crippen molar-refractivity contribution < 1.29 is 31.9 Å². The lowest BCUT2D eigenvalue weighted by molar-refractivity contribution is -0.141. The first-order valence-corrected chi connectivity index (χ1v) is 15.7. The molecule has 1 saturated carbocycles. The Morgan fingerprint density at radius 2 is 1.75 bits per heavy atom. The second-order valence-corrected chi connectivity index (χ2v) is 12.3. The topological polar surface area (TPSA) is 105 Å². The molecule has 2 aromatic carbocycles. The normalized spacial score (nSPS) is 15.9. The fraction of sp³-hybridized carbons (Fsp3) is 0.517. The van der Waals surface area contributed by atoms with Crippen LogP contribution in [0.25, 0.3) is 0 Å². The Bertz CT molecular complexity index is 1280. The maximum Gasteiger partial charge on any atom is 0.243 e. The lowest BCUT2D eigenvalue weighted by Gasteiger charge is -2.33. The van der Waals surface area contributed by atoms with E-state index in [9.17, 15) is 22.4 Å². The van der Waals surface area contributed by atoms with Crippen LogP contribution in [0.4, 0.5) is 10.1 Å². The molecule has 0 bridgehead atoms. The minimum atomic E-state index is -3.64. The molecule has 0 radical (unpaired) electrons. The van der Waals surface area contributed by atoms with Crippen molar-refractivity contribution >= 4 is 27.5 Å². The monoisotopic (exact) mass is 575 g/mol. The highest BCUT2D eigenvalue weighted by Gasteiger charge is 2.30. The third kappa shape index (κ3) is 7.65. The maximum absolute atomic E-state index is 13.6. The molecule has 2 aromatic rings. The Kier molecular flexibility index (Phi) is 9.89. The van der Waals surface area contributed by atoms with E-state index in [-0.39, 0.29) is 56.4 Å². The molecule has 11 heteroatoms. The second kappa shape index (κ2) is 13.3. The summed E-state index contributed by atoms with van der Waals surface area (Å²) < 4.78 is 50.7. The number of amides is 2. The molecule has 1 aliphatic heterocycles. The first-order chi connectivity index (χ1) is 19.2. The average Bonchev–Trinajstić information content (AvgIpc) is 3.40. The zero-order chi connectivity index (χ0) is 28.7. The molecule has 218 valence electrons. The van der Waals surface area contributed by atoms with Gasteiger partial charge in [0.1, 0.15) is 11.9 Å². The SMILES string of the molecule is CCC(C(=O)NC1CCCCC1)N(Cc1ccc(F)cc1)C(=O)CCCN(c1ccc2c(c1)OCO2)S(C)(=O)=O. The van der Waals surface area contributed by atoms with Gasteiger partial charge in [-0.15, -0.1) is 0 Å². The van der Waals surface area contributed by atoms with Crippen molar-refractivity contribution in [2.75, 3.05) is 23.9 Å². The number of carbonyl (C=O) groups is 2. The van der Waals surface area contributed by atoms with E-state index in [1.54, 1.807) is 30.3 Å². The average molecular weight is 576 g/mol. The summed E-state index contributed by atoms with van der Waals surface area (Å²) in [6.07, 6.45) is 6.95. The molecule has 0 aromatic heterocycles. The van der Waals surface area contributed by atoms with Gasteiger partial charge in [-0.25, -0.2) is 12.8 Å². The van der Waals surface area contributed by atoms with Crippen LogP contribution in [0, 0.1) is 5.82 Å². The summed E-state index contributed by atoms with van der Waals surface area (Å²) in [5.41, 5.74) is 1.12. The van der Waals surface area contributed by atoms with Gasteiger partial charge in [0.25, 0.3) is 0 Å². The number of nitrogens with zero attached hydrogens (tertiary/aromatic N) is 2. The van der Waals surface area contributed by atoms with Crippen LogP contribution in [0.3, 0.4) is 0 Å². The van der Waals surface area contributed by atoms with Gasteiger partial charge in [-0.3, -0.25) is 13.9 Å². The standard InChI is InChI=1S/C29H38FN3O6S/c1-3-25(29(35)31-23-8-5-4-6-9-23)32(19-21-11-13-22(30)14-12-21)28(34)10-7-17-33(40(2,36)37)24-15-16-26-27(18-24)39-20-38-26/h11-16,18,23,25H,3-10,17,19-20H2,1-2H3,(H,31,35). The largest absolute Gasteiger partial charge is 0.454 e. The van der Waals surface area contributed by atoms with Gasteiger partial charge in [0.2, 0.25) is 28.6 Å². The molecule has 1 fully saturated rings. The van der Waals surface area contributed by atoms with E-state index in [1.807, 2.05) is 6.92 Å². The summed E-state index contributed by atoms with van der Waals surface area (Å²) in [5.74, 6) is 0.161. The van der Waals surface area contributed by atoms with Crippen molar-refractivity contribution in [1.82, 2.24) is 10.2 Å². The third-order valence-electron chi connectivity index (χ3n) is 7.40. The summed E-state index contributed by atoms with van der Waals surface area (Å²) >= 11 is 0. The van der Waals surface area contributed by atoms with Crippen molar-refractivity contribution in [2.24, 2.45) is 0 Å². The molecule has 1 unspecified atom stereocenters. The molecule has 0 spiro atoms. The number of hydrogen-bond acceptors (Lipinski definition) is 6. The van der Waals surface area contributed by atoms with E-state index < -0.39 is 16.1 Å². The highest BCUT2D eigenvalue weighted by Crippen LogP contribution is 2.36. The highest BCUT2D eigenvalue weighted by molar-refractivity contribution is 7.92. The van der Waals surface area contributed by atoms with E-state index in [0.29, 0.717) is 29.2 Å². The molecule has 9 nitrogen and oxygen atoms in total. The number of fused-ring (bicyclic) bond motifs is 1. The van der Waals surface area contributed by atoms with Crippen molar-refractivity contribution in [3.63, 3.8) is 0 Å². The van der Waals surface area contributed by atoms with Gasteiger partial charge in [0.05, 0.1) is 11.9 Å². The Morgan fingerprint density at radius 1 is 1.05 bits per heavy atom. The third-order valence-corrected chi connectivity index (χ3v) is 8.59. The number of carbonyl (C=O) groups excluding carboxylic acids is 2. The summed E-state index contributed by atoms with van der Waals surface area (Å²) in [5, 5.41) is 3.13. The van der Waals surface area contributed by atoms with Gasteiger partial charge < -0.3 is 19.7 Å². The van der Waals surface area contributed by atoms with Gasteiger partial charge in [-0.2, -0.15) is 0 Å². The van der Waals surface area contributed by atoms with Crippen LogP contribution in [-0.2, 0) is 26.2 Å². The van der Waals surface area contributed by atoms with Crippen molar-refractivity contribution in [2.45, 2.75) is 76.9 Å². The number of halogens is 1. The summed E-state index contributed by atoms with van der Waals surface area (Å²) in [7, 11) is -3.64. The van der Waals surface area contributed by atoms with Gasteiger partial charge in [-0.05, 0) is 55.5 Å². The predicted octanol–water partition coefficient (Wildman–Crippen LogP) is 4.36. The minimum absolute atomic E-state index is 0.0327. The van der Waals surface area contributed by atoms with E-state index >= 15 is 0 Å². The molecular weight excluding hydrogens is 537 g/mol. The second-order valence-electron chi connectivity index (χ2n) is 10.4. The molecule has 1 aliphatic carbocycles. The van der Waals surface area contributed by atoms with Crippen LogP contribution >= 0.6 is 0 Å². The van der Waals surface area contributed by atoms with E-state index in [1.165, 1.54) is 21.3 Å². The zero-order valence-electron chi connectivity index (χ0n) is 23.1. The minimum Gasteiger partial charge on any atom is -0.454 e. The lowest BCUT2D eigenvalue weighted by Crippen LogP contribution is -2.51. The quantitative estimate of drug-likeness (QED) is 0.403. The van der Waals surface area contributed by atoms with Gasteiger partial charge >= 0.3 is 0 Å². The van der Waals surface area contributed by atoms with Crippen LogP contribution in [0.5, 0.6) is 11.5 Å². The van der Waals surface area contributed by atoms with E-state index in [4.69, 9.17) is 9.47 Å². The smallest absolute Gasteiger partial charge is 0.243 e. The van der Waals surface area contributed by atoms with Crippen LogP contribution < -0.4 is 19.1 Å². The summed E-state index contributed by atoms with van der Waals surface area (Å²) in [4.78, 5) is 28.5. The molecule has 2 amide bonds. The Balaban J connectivity index is 1.47. The maximum atomic E-state index is 13.6. The lowest BCUT2D eigenvalue weighted by atomic mass is 9.95. The summed E-state index contributed by atoms with van der Waals surface area (Å²) in [6.45, 7) is 2.15. The summed E-state index contributed by atoms with van der Waals surface area (Å²) in [6, 6.07) is 10.2. The predicted molar refractivity (Wildman–Crippen MR) is 150 cm³/mol. The first kappa shape index (κ1) is 29.6. The fourth-order valence-corrected chi connectivity index (χ4v) is 6.25. The molecule has 1 atom stereocenters.